The van der Waals surface area contributed by atoms with Gasteiger partial charge in [0.1, 0.15) is 5.82 Å². The van der Waals surface area contributed by atoms with Crippen molar-refractivity contribution in [2.24, 2.45) is 0 Å². The zero-order valence-corrected chi connectivity index (χ0v) is 17.1. The fourth-order valence-corrected chi connectivity index (χ4v) is 3.91. The summed E-state index contributed by atoms with van der Waals surface area (Å²) in [5, 5.41) is 7.77. The molecule has 0 atom stereocenters. The van der Waals surface area contributed by atoms with Gasteiger partial charge in [-0.15, -0.1) is 11.3 Å². The van der Waals surface area contributed by atoms with E-state index >= 15 is 0 Å². The fraction of sp³-hybridized carbons (Fsp3) is 0.400. The molecule has 1 aromatic heterocycles. The van der Waals surface area contributed by atoms with Gasteiger partial charge in [-0.05, 0) is 37.1 Å². The third-order valence-electron chi connectivity index (χ3n) is 5.02. The van der Waals surface area contributed by atoms with Crippen molar-refractivity contribution < 1.29 is 18.8 Å². The number of aromatic nitrogens is 1. The molecule has 0 unspecified atom stereocenters. The number of amides is 3. The van der Waals surface area contributed by atoms with Gasteiger partial charge in [0.2, 0.25) is 5.91 Å². The number of nitrogens with zero attached hydrogens (tertiary/aromatic N) is 3. The van der Waals surface area contributed by atoms with E-state index in [2.05, 4.69) is 15.6 Å². The second-order valence-corrected chi connectivity index (χ2v) is 8.27. The summed E-state index contributed by atoms with van der Waals surface area (Å²) in [6.45, 7) is 2.05. The summed E-state index contributed by atoms with van der Waals surface area (Å²) in [6, 6.07) is 6.17. The molecule has 4 rings (SSSR count). The van der Waals surface area contributed by atoms with Crippen molar-refractivity contribution in [2.45, 2.75) is 18.9 Å². The molecule has 2 N–H and O–H groups in total. The minimum absolute atomic E-state index is 0.154. The molecule has 0 radical (unpaired) electrons. The predicted molar refractivity (Wildman–Crippen MR) is 110 cm³/mol. The Hall–Kier alpha value is -2.85. The largest absolute Gasteiger partial charge is 0.345 e. The van der Waals surface area contributed by atoms with Crippen molar-refractivity contribution in [3.63, 3.8) is 0 Å². The number of benzene rings is 1. The summed E-state index contributed by atoms with van der Waals surface area (Å²) in [7, 11) is 0. The van der Waals surface area contributed by atoms with E-state index in [0.717, 1.165) is 18.4 Å². The van der Waals surface area contributed by atoms with Gasteiger partial charge in [-0.25, -0.2) is 9.37 Å². The minimum Gasteiger partial charge on any atom is -0.345 e. The van der Waals surface area contributed by atoms with Crippen molar-refractivity contribution in [3.05, 3.63) is 35.5 Å². The van der Waals surface area contributed by atoms with E-state index in [9.17, 15) is 18.8 Å². The molecule has 8 nitrogen and oxygen atoms in total. The number of thiazole rings is 1. The predicted octanol–water partition coefficient (Wildman–Crippen LogP) is 1.31. The van der Waals surface area contributed by atoms with E-state index in [1.165, 1.54) is 28.4 Å². The van der Waals surface area contributed by atoms with Crippen LogP contribution in [0.3, 0.4) is 0 Å². The molecule has 1 saturated heterocycles. The van der Waals surface area contributed by atoms with Crippen LogP contribution < -0.4 is 10.6 Å². The van der Waals surface area contributed by atoms with Crippen LogP contribution in [0.2, 0.25) is 0 Å². The summed E-state index contributed by atoms with van der Waals surface area (Å²) >= 11 is 1.30. The molecular formula is C20H22FN5O3S. The Labute approximate surface area is 177 Å². The molecule has 1 aliphatic carbocycles. The number of carbonyl (C=O) groups is 3. The maximum absolute atomic E-state index is 13.0. The Kier molecular flexibility index (Phi) is 6.05. The van der Waals surface area contributed by atoms with Crippen molar-refractivity contribution in [1.82, 2.24) is 20.1 Å². The number of carbonyl (C=O) groups excluding carboxylic acids is 3. The average molecular weight is 431 g/mol. The van der Waals surface area contributed by atoms with Gasteiger partial charge >= 0.3 is 11.8 Å². The van der Waals surface area contributed by atoms with Crippen LogP contribution >= 0.6 is 11.3 Å². The van der Waals surface area contributed by atoms with Crippen LogP contribution in [0.25, 0.3) is 11.3 Å². The van der Waals surface area contributed by atoms with Crippen molar-refractivity contribution in [2.75, 3.05) is 38.0 Å². The molecule has 0 bridgehead atoms. The van der Waals surface area contributed by atoms with Gasteiger partial charge in [0.05, 0.1) is 12.2 Å². The maximum atomic E-state index is 13.0. The molecule has 1 aliphatic heterocycles. The van der Waals surface area contributed by atoms with Crippen LogP contribution in [0.5, 0.6) is 0 Å². The number of nitrogens with one attached hydrogen (secondary N) is 2. The van der Waals surface area contributed by atoms with Gasteiger partial charge in [-0.2, -0.15) is 0 Å². The normalized spacial score (nSPS) is 16.9. The van der Waals surface area contributed by atoms with E-state index in [0.29, 0.717) is 37.0 Å². The summed E-state index contributed by atoms with van der Waals surface area (Å²) in [6.07, 6.45) is 1.87. The molecule has 1 aromatic carbocycles. The number of halogens is 1. The third-order valence-corrected chi connectivity index (χ3v) is 5.78. The highest BCUT2D eigenvalue weighted by Gasteiger charge is 2.31. The summed E-state index contributed by atoms with van der Waals surface area (Å²) in [5.41, 5.74) is 1.45. The average Bonchev–Trinajstić information content (AvgIpc) is 3.43. The van der Waals surface area contributed by atoms with Gasteiger partial charge in [0.15, 0.2) is 5.13 Å². The maximum Gasteiger partial charge on any atom is 0.311 e. The Morgan fingerprint density at radius 1 is 1.10 bits per heavy atom. The Bertz CT molecular complexity index is 936. The molecule has 3 amide bonds. The van der Waals surface area contributed by atoms with E-state index < -0.39 is 11.8 Å². The summed E-state index contributed by atoms with van der Waals surface area (Å²) in [4.78, 5) is 44.2. The topological polar surface area (TPSA) is 94.6 Å². The summed E-state index contributed by atoms with van der Waals surface area (Å²) in [5.74, 6) is -1.54. The fourth-order valence-electron chi connectivity index (χ4n) is 3.17. The van der Waals surface area contributed by atoms with E-state index in [1.807, 2.05) is 4.90 Å². The molecule has 1 saturated carbocycles. The molecule has 2 heterocycles. The number of rotatable bonds is 5. The highest BCUT2D eigenvalue weighted by Crippen LogP contribution is 2.25. The zero-order chi connectivity index (χ0) is 21.1. The molecule has 2 aromatic rings. The second kappa shape index (κ2) is 8.88. The first-order chi connectivity index (χ1) is 14.5. The van der Waals surface area contributed by atoms with Crippen LogP contribution in [0, 0.1) is 5.82 Å². The number of anilines is 1. The lowest BCUT2D eigenvalue weighted by atomic mass is 10.2. The van der Waals surface area contributed by atoms with Crippen LogP contribution in [0.15, 0.2) is 29.6 Å². The lowest BCUT2D eigenvalue weighted by molar-refractivity contribution is -0.147. The van der Waals surface area contributed by atoms with E-state index in [1.54, 1.807) is 17.5 Å². The first-order valence-electron chi connectivity index (χ1n) is 9.81. The molecule has 10 heteroatoms. The Morgan fingerprint density at radius 3 is 2.47 bits per heavy atom. The van der Waals surface area contributed by atoms with Gasteiger partial charge in [0, 0.05) is 43.2 Å². The molecule has 158 valence electrons. The molecule has 2 fully saturated rings. The molecule has 30 heavy (non-hydrogen) atoms. The van der Waals surface area contributed by atoms with E-state index in [4.69, 9.17) is 0 Å². The van der Waals surface area contributed by atoms with Crippen LogP contribution in [0.1, 0.15) is 12.8 Å². The Morgan fingerprint density at radius 2 is 1.80 bits per heavy atom. The highest BCUT2D eigenvalue weighted by molar-refractivity contribution is 7.14. The molecular weight excluding hydrogens is 409 g/mol. The van der Waals surface area contributed by atoms with Crippen LogP contribution in [-0.2, 0) is 14.4 Å². The first kappa shape index (κ1) is 20.4. The molecule has 0 spiro atoms. The summed E-state index contributed by atoms with van der Waals surface area (Å²) < 4.78 is 13.0. The third kappa shape index (κ3) is 5.19. The van der Waals surface area contributed by atoms with Gasteiger partial charge in [-0.3, -0.25) is 19.3 Å². The lowest BCUT2D eigenvalue weighted by Gasteiger charge is -2.33. The number of hydrogen-bond donors (Lipinski definition) is 2. The Balaban J connectivity index is 1.23. The highest BCUT2D eigenvalue weighted by atomic mass is 32.1. The number of hydrogen-bond acceptors (Lipinski definition) is 6. The number of piperazine rings is 1. The monoisotopic (exact) mass is 431 g/mol. The first-order valence-corrected chi connectivity index (χ1v) is 10.7. The van der Waals surface area contributed by atoms with E-state index in [-0.39, 0.29) is 24.3 Å². The smallest absolute Gasteiger partial charge is 0.311 e. The molecule has 2 aliphatic rings. The van der Waals surface area contributed by atoms with Crippen LogP contribution in [-0.4, -0.2) is 71.3 Å². The minimum atomic E-state index is -0.538. The van der Waals surface area contributed by atoms with Gasteiger partial charge in [-0.1, -0.05) is 0 Å². The van der Waals surface area contributed by atoms with Crippen molar-refractivity contribution in [1.29, 1.82) is 0 Å². The van der Waals surface area contributed by atoms with Gasteiger partial charge < -0.3 is 15.5 Å². The second-order valence-electron chi connectivity index (χ2n) is 7.41. The standard InChI is InChI=1S/C20H22FN5O3S/c21-14-3-1-13(2-4-14)16-12-30-20(23-16)24-17(27)11-25-7-9-26(10-8-25)19(29)18(28)22-15-5-6-15/h1-4,12,15H,5-11H2,(H,22,28)(H,23,24,27). The van der Waals surface area contributed by atoms with Crippen LogP contribution in [0.4, 0.5) is 9.52 Å². The zero-order valence-electron chi connectivity index (χ0n) is 16.3. The van der Waals surface area contributed by atoms with Gasteiger partial charge in [0.25, 0.3) is 0 Å². The lowest BCUT2D eigenvalue weighted by Crippen LogP contribution is -2.53. The quantitative estimate of drug-likeness (QED) is 0.697. The SMILES string of the molecule is O=C(CN1CCN(C(=O)C(=O)NC2CC2)CC1)Nc1nc(-c2ccc(F)cc2)cs1. The van der Waals surface area contributed by atoms with Crippen molar-refractivity contribution in [3.8, 4) is 11.3 Å². The van der Waals surface area contributed by atoms with Crippen molar-refractivity contribution >= 4 is 34.2 Å².